The third kappa shape index (κ3) is 5.45. The standard InChI is InChI=1S/C24H18N6O7/c1-15(37-26-13-16-5-4-6-18(11-16)29(33)34)23-27-21-8-3-2-7-20(21)24(32)28(23)25-14-17-12-19(30(35)36)9-10-22(17)31/h2-15,31H,1H3/b25-14+,26-13?. The van der Waals surface area contributed by atoms with Gasteiger partial charge >= 0.3 is 0 Å². The molecule has 0 saturated carbocycles. The Labute approximate surface area is 207 Å². The van der Waals surface area contributed by atoms with Crippen LogP contribution in [0.2, 0.25) is 0 Å². The highest BCUT2D eigenvalue weighted by Crippen LogP contribution is 2.22. The highest BCUT2D eigenvalue weighted by atomic mass is 16.6. The summed E-state index contributed by atoms with van der Waals surface area (Å²) in [6, 6.07) is 15.7. The van der Waals surface area contributed by atoms with Crippen molar-refractivity contribution in [3.8, 4) is 5.75 Å². The van der Waals surface area contributed by atoms with Gasteiger partial charge in [0.15, 0.2) is 11.9 Å². The Morgan fingerprint density at radius 2 is 1.73 bits per heavy atom. The first-order chi connectivity index (χ1) is 17.7. The second-order valence-corrected chi connectivity index (χ2v) is 7.68. The van der Waals surface area contributed by atoms with Crippen LogP contribution in [0.3, 0.4) is 0 Å². The number of nitro benzene ring substituents is 2. The molecule has 13 nitrogen and oxygen atoms in total. The van der Waals surface area contributed by atoms with Crippen molar-refractivity contribution >= 4 is 34.7 Å². The van der Waals surface area contributed by atoms with Crippen molar-refractivity contribution in [3.05, 3.63) is 114 Å². The zero-order valence-corrected chi connectivity index (χ0v) is 19.2. The van der Waals surface area contributed by atoms with Crippen molar-refractivity contribution in [2.24, 2.45) is 10.3 Å². The SMILES string of the molecule is CC(ON=Cc1cccc([N+](=O)[O-])c1)c1nc2ccccc2c(=O)n1/N=C/c1cc([N+](=O)[O-])ccc1O. The predicted octanol–water partition coefficient (Wildman–Crippen LogP) is 3.91. The lowest BCUT2D eigenvalue weighted by Gasteiger charge is -2.14. The van der Waals surface area contributed by atoms with Gasteiger partial charge in [-0.2, -0.15) is 9.78 Å². The first kappa shape index (κ1) is 24.7. The molecular weight excluding hydrogens is 484 g/mol. The summed E-state index contributed by atoms with van der Waals surface area (Å²) in [5.74, 6) is -0.218. The largest absolute Gasteiger partial charge is 0.507 e. The zero-order valence-electron chi connectivity index (χ0n) is 19.2. The molecule has 0 radical (unpaired) electrons. The molecule has 0 bridgehead atoms. The van der Waals surface area contributed by atoms with Crippen molar-refractivity contribution in [3.63, 3.8) is 0 Å². The fourth-order valence-corrected chi connectivity index (χ4v) is 3.34. The van der Waals surface area contributed by atoms with Gasteiger partial charge in [0.05, 0.1) is 33.2 Å². The van der Waals surface area contributed by atoms with E-state index in [2.05, 4.69) is 15.2 Å². The highest BCUT2D eigenvalue weighted by Gasteiger charge is 2.18. The molecule has 0 amide bonds. The van der Waals surface area contributed by atoms with Crippen molar-refractivity contribution in [2.45, 2.75) is 13.0 Å². The van der Waals surface area contributed by atoms with E-state index in [1.54, 1.807) is 37.3 Å². The number of hydrogen-bond acceptors (Lipinski definition) is 10. The summed E-state index contributed by atoms with van der Waals surface area (Å²) < 4.78 is 0.953. The van der Waals surface area contributed by atoms with Gasteiger partial charge < -0.3 is 9.94 Å². The van der Waals surface area contributed by atoms with Gasteiger partial charge in [-0.1, -0.05) is 29.4 Å². The van der Waals surface area contributed by atoms with Crippen molar-refractivity contribution in [2.75, 3.05) is 0 Å². The van der Waals surface area contributed by atoms with Crippen LogP contribution in [0.15, 0.2) is 81.8 Å². The number of benzene rings is 3. The molecule has 1 aromatic heterocycles. The minimum atomic E-state index is -0.914. The summed E-state index contributed by atoms with van der Waals surface area (Å²) in [4.78, 5) is 44.0. The van der Waals surface area contributed by atoms with Crippen LogP contribution in [0.4, 0.5) is 11.4 Å². The van der Waals surface area contributed by atoms with Crippen LogP contribution in [0.1, 0.15) is 30.0 Å². The molecule has 0 aliphatic carbocycles. The van der Waals surface area contributed by atoms with Gasteiger partial charge in [0.2, 0.25) is 0 Å². The number of rotatable bonds is 8. The molecule has 4 aromatic rings. The third-order valence-electron chi connectivity index (χ3n) is 5.18. The number of oxime groups is 1. The number of nitro groups is 2. The fourth-order valence-electron chi connectivity index (χ4n) is 3.34. The molecule has 0 fully saturated rings. The van der Waals surface area contributed by atoms with Crippen molar-refractivity contribution < 1.29 is 19.8 Å². The Balaban J connectivity index is 1.71. The molecule has 3 aromatic carbocycles. The lowest BCUT2D eigenvalue weighted by atomic mass is 10.2. The molecule has 0 saturated heterocycles. The minimum Gasteiger partial charge on any atom is -0.507 e. The van der Waals surface area contributed by atoms with E-state index in [9.17, 15) is 30.1 Å². The number of non-ortho nitro benzene ring substituents is 2. The summed E-state index contributed by atoms with van der Waals surface area (Å²) in [6.45, 7) is 1.57. The number of hydrogen-bond donors (Lipinski definition) is 1. The van der Waals surface area contributed by atoms with E-state index in [1.807, 2.05) is 0 Å². The Hall–Kier alpha value is -5.46. The average Bonchev–Trinajstić information content (AvgIpc) is 2.89. The quantitative estimate of drug-likeness (QED) is 0.214. The number of aromatic nitrogens is 2. The molecule has 37 heavy (non-hydrogen) atoms. The highest BCUT2D eigenvalue weighted by molar-refractivity contribution is 5.84. The Morgan fingerprint density at radius 3 is 2.49 bits per heavy atom. The van der Waals surface area contributed by atoms with Gasteiger partial charge in [-0.15, -0.1) is 0 Å². The van der Waals surface area contributed by atoms with E-state index in [4.69, 9.17) is 4.84 Å². The van der Waals surface area contributed by atoms with Gasteiger partial charge in [0.1, 0.15) is 5.75 Å². The molecule has 1 atom stereocenters. The van der Waals surface area contributed by atoms with E-state index in [-0.39, 0.29) is 33.9 Å². The van der Waals surface area contributed by atoms with E-state index < -0.39 is 21.5 Å². The molecule has 186 valence electrons. The van der Waals surface area contributed by atoms with Gasteiger partial charge in [-0.05, 0) is 25.1 Å². The van der Waals surface area contributed by atoms with Crippen LogP contribution < -0.4 is 5.56 Å². The van der Waals surface area contributed by atoms with E-state index in [1.165, 1.54) is 24.4 Å². The maximum atomic E-state index is 13.2. The molecule has 0 spiro atoms. The van der Waals surface area contributed by atoms with Gasteiger partial charge in [0, 0.05) is 35.4 Å². The smallest absolute Gasteiger partial charge is 0.282 e. The molecule has 13 heteroatoms. The molecular formula is C24H18N6O7. The minimum absolute atomic E-state index is 0.0115. The molecule has 4 rings (SSSR count). The van der Waals surface area contributed by atoms with Crippen LogP contribution in [-0.2, 0) is 4.84 Å². The molecule has 1 unspecified atom stereocenters. The fraction of sp³-hybridized carbons (Fsp3) is 0.0833. The van der Waals surface area contributed by atoms with Crippen molar-refractivity contribution in [1.29, 1.82) is 0 Å². The Morgan fingerprint density at radius 1 is 1.00 bits per heavy atom. The van der Waals surface area contributed by atoms with Crippen LogP contribution in [-0.4, -0.2) is 37.0 Å². The van der Waals surface area contributed by atoms with Gasteiger partial charge in [0.25, 0.3) is 16.9 Å². The topological polar surface area (TPSA) is 175 Å². The van der Waals surface area contributed by atoms with E-state index >= 15 is 0 Å². The monoisotopic (exact) mass is 502 g/mol. The number of phenols is 1. The first-order valence-electron chi connectivity index (χ1n) is 10.7. The second kappa shape index (κ2) is 10.4. The van der Waals surface area contributed by atoms with E-state index in [0.717, 1.165) is 29.1 Å². The lowest BCUT2D eigenvalue weighted by Crippen LogP contribution is -2.24. The van der Waals surface area contributed by atoms with Crippen LogP contribution in [0, 0.1) is 20.2 Å². The number of aromatic hydroxyl groups is 1. The number of fused-ring (bicyclic) bond motifs is 1. The molecule has 1 heterocycles. The predicted molar refractivity (Wildman–Crippen MR) is 134 cm³/mol. The van der Waals surface area contributed by atoms with Crippen LogP contribution in [0.25, 0.3) is 10.9 Å². The molecule has 0 aliphatic heterocycles. The normalized spacial score (nSPS) is 12.2. The van der Waals surface area contributed by atoms with Crippen molar-refractivity contribution in [1.82, 2.24) is 9.66 Å². The first-order valence-corrected chi connectivity index (χ1v) is 10.7. The maximum absolute atomic E-state index is 13.2. The van der Waals surface area contributed by atoms with Crippen LogP contribution in [0.5, 0.6) is 5.75 Å². The number of phenolic OH excluding ortho intramolecular Hbond substituents is 1. The van der Waals surface area contributed by atoms with Gasteiger partial charge in [-0.3, -0.25) is 25.0 Å². The third-order valence-corrected chi connectivity index (χ3v) is 5.18. The van der Waals surface area contributed by atoms with Crippen LogP contribution >= 0.6 is 0 Å². The summed E-state index contributed by atoms with van der Waals surface area (Å²) in [5, 5.41) is 40.4. The summed E-state index contributed by atoms with van der Waals surface area (Å²) in [6.07, 6.45) is 1.46. The summed E-state index contributed by atoms with van der Waals surface area (Å²) in [5.41, 5.74) is -0.108. The Bertz CT molecular complexity index is 1630. The van der Waals surface area contributed by atoms with E-state index in [0.29, 0.717) is 11.1 Å². The number of nitrogens with zero attached hydrogens (tertiary/aromatic N) is 6. The number of para-hydroxylation sites is 1. The summed E-state index contributed by atoms with van der Waals surface area (Å²) in [7, 11) is 0. The lowest BCUT2D eigenvalue weighted by molar-refractivity contribution is -0.385. The Kier molecular flexibility index (Phi) is 6.95. The molecule has 0 aliphatic rings. The molecule has 1 N–H and O–H groups in total. The summed E-state index contributed by atoms with van der Waals surface area (Å²) >= 11 is 0. The zero-order chi connectivity index (χ0) is 26.5. The average molecular weight is 502 g/mol. The van der Waals surface area contributed by atoms with Gasteiger partial charge in [-0.25, -0.2) is 4.98 Å². The second-order valence-electron chi connectivity index (χ2n) is 7.68. The maximum Gasteiger partial charge on any atom is 0.282 e.